The second-order valence-corrected chi connectivity index (χ2v) is 3.49. The van der Waals surface area contributed by atoms with E-state index >= 15 is 0 Å². The number of nitrogens with two attached hydrogens (primary N) is 1. The van der Waals surface area contributed by atoms with Crippen LogP contribution in [0.2, 0.25) is 0 Å². The molecular formula is C11H14F3NO. The van der Waals surface area contributed by atoms with Gasteiger partial charge in [0.1, 0.15) is 6.61 Å². The van der Waals surface area contributed by atoms with E-state index in [1.54, 1.807) is 12.1 Å². The Morgan fingerprint density at radius 1 is 1.31 bits per heavy atom. The topological polar surface area (TPSA) is 35.2 Å². The van der Waals surface area contributed by atoms with Crippen LogP contribution in [-0.2, 0) is 17.8 Å². The molecule has 1 aromatic carbocycles. The van der Waals surface area contributed by atoms with Gasteiger partial charge < -0.3 is 10.5 Å². The Bertz CT molecular complexity index is 350. The highest BCUT2D eigenvalue weighted by molar-refractivity contribution is 5.48. The van der Waals surface area contributed by atoms with Gasteiger partial charge in [-0.2, -0.15) is 13.2 Å². The number of benzene rings is 1. The van der Waals surface area contributed by atoms with Crippen LogP contribution in [-0.4, -0.2) is 12.8 Å². The van der Waals surface area contributed by atoms with Crippen molar-refractivity contribution in [2.75, 3.05) is 12.3 Å². The van der Waals surface area contributed by atoms with Crippen molar-refractivity contribution < 1.29 is 17.9 Å². The summed E-state index contributed by atoms with van der Waals surface area (Å²) in [6, 6.07) is 5.29. The Kier molecular flexibility index (Phi) is 4.18. The van der Waals surface area contributed by atoms with Crippen LogP contribution in [0.1, 0.15) is 18.1 Å². The Hall–Kier alpha value is -1.23. The van der Waals surface area contributed by atoms with Crippen LogP contribution in [0.5, 0.6) is 0 Å². The van der Waals surface area contributed by atoms with Crippen molar-refractivity contribution >= 4 is 5.69 Å². The summed E-state index contributed by atoms with van der Waals surface area (Å²) in [7, 11) is 0. The summed E-state index contributed by atoms with van der Waals surface area (Å²) >= 11 is 0. The van der Waals surface area contributed by atoms with Crippen molar-refractivity contribution in [3.05, 3.63) is 29.3 Å². The van der Waals surface area contributed by atoms with E-state index in [0.717, 1.165) is 12.0 Å². The van der Waals surface area contributed by atoms with Gasteiger partial charge in [0.2, 0.25) is 0 Å². The third-order valence-corrected chi connectivity index (χ3v) is 2.14. The van der Waals surface area contributed by atoms with E-state index in [2.05, 4.69) is 4.74 Å². The molecule has 0 saturated heterocycles. The molecule has 0 atom stereocenters. The largest absolute Gasteiger partial charge is 0.411 e. The molecule has 0 radical (unpaired) electrons. The zero-order chi connectivity index (χ0) is 12.2. The molecule has 90 valence electrons. The highest BCUT2D eigenvalue weighted by Gasteiger charge is 2.27. The molecule has 0 spiro atoms. The maximum atomic E-state index is 11.8. The monoisotopic (exact) mass is 233 g/mol. The first-order valence-corrected chi connectivity index (χ1v) is 4.94. The van der Waals surface area contributed by atoms with Gasteiger partial charge in [-0.05, 0) is 18.1 Å². The molecule has 2 nitrogen and oxygen atoms in total. The van der Waals surface area contributed by atoms with Gasteiger partial charge in [-0.25, -0.2) is 0 Å². The van der Waals surface area contributed by atoms with Crippen molar-refractivity contribution in [2.24, 2.45) is 0 Å². The number of alkyl halides is 3. The Labute approximate surface area is 92.2 Å². The molecule has 0 bridgehead atoms. The van der Waals surface area contributed by atoms with Crippen LogP contribution in [0.15, 0.2) is 18.2 Å². The van der Waals surface area contributed by atoms with Gasteiger partial charge in [0.05, 0.1) is 6.61 Å². The van der Waals surface area contributed by atoms with Crippen LogP contribution in [0.3, 0.4) is 0 Å². The number of rotatable bonds is 4. The number of hydrogen-bond acceptors (Lipinski definition) is 2. The molecule has 0 saturated carbocycles. The lowest BCUT2D eigenvalue weighted by atomic mass is 10.1. The Balaban J connectivity index is 2.55. The van der Waals surface area contributed by atoms with E-state index in [1.165, 1.54) is 0 Å². The molecule has 1 aromatic rings. The molecule has 0 aliphatic carbocycles. The lowest BCUT2D eigenvalue weighted by molar-refractivity contribution is -0.176. The molecule has 0 heterocycles. The zero-order valence-corrected chi connectivity index (χ0v) is 8.97. The van der Waals surface area contributed by atoms with Crippen LogP contribution in [0.25, 0.3) is 0 Å². The van der Waals surface area contributed by atoms with Crippen LogP contribution in [0, 0.1) is 0 Å². The van der Waals surface area contributed by atoms with Gasteiger partial charge in [-0.15, -0.1) is 0 Å². The van der Waals surface area contributed by atoms with E-state index < -0.39 is 12.8 Å². The maximum Gasteiger partial charge on any atom is 0.411 e. The van der Waals surface area contributed by atoms with Gasteiger partial charge in [-0.1, -0.05) is 19.1 Å². The van der Waals surface area contributed by atoms with Gasteiger partial charge in [-0.3, -0.25) is 0 Å². The number of ether oxygens (including phenoxy) is 1. The van der Waals surface area contributed by atoms with Crippen molar-refractivity contribution in [1.29, 1.82) is 0 Å². The summed E-state index contributed by atoms with van der Waals surface area (Å²) in [5.74, 6) is 0. The van der Waals surface area contributed by atoms with Gasteiger partial charge in [0, 0.05) is 11.3 Å². The van der Waals surface area contributed by atoms with Gasteiger partial charge in [0.15, 0.2) is 0 Å². The molecule has 0 unspecified atom stereocenters. The van der Waals surface area contributed by atoms with Crippen molar-refractivity contribution in [3.8, 4) is 0 Å². The number of anilines is 1. The summed E-state index contributed by atoms with van der Waals surface area (Å²) in [6.45, 7) is 0.617. The van der Waals surface area contributed by atoms with E-state index in [0.29, 0.717) is 11.3 Å². The van der Waals surface area contributed by atoms with E-state index in [4.69, 9.17) is 5.73 Å². The minimum absolute atomic E-state index is 0.116. The molecule has 0 fully saturated rings. The zero-order valence-electron chi connectivity index (χ0n) is 8.97. The van der Waals surface area contributed by atoms with Crippen molar-refractivity contribution in [3.63, 3.8) is 0 Å². The average molecular weight is 233 g/mol. The Morgan fingerprint density at radius 2 is 2.00 bits per heavy atom. The van der Waals surface area contributed by atoms with Crippen molar-refractivity contribution in [1.82, 2.24) is 0 Å². The maximum absolute atomic E-state index is 11.8. The fraction of sp³-hybridized carbons (Fsp3) is 0.455. The number of aryl methyl sites for hydroxylation is 1. The standard InChI is InChI=1S/C11H14F3NO/c1-2-8-3-4-9(10(15)5-8)6-16-7-11(12,13)14/h3-5H,2,6-7,15H2,1H3. The predicted octanol–water partition coefficient (Wildman–Crippen LogP) is 2.91. The summed E-state index contributed by atoms with van der Waals surface area (Å²) in [4.78, 5) is 0. The predicted molar refractivity (Wildman–Crippen MR) is 55.9 cm³/mol. The minimum Gasteiger partial charge on any atom is -0.398 e. The normalized spacial score (nSPS) is 11.8. The molecule has 5 heteroatoms. The van der Waals surface area contributed by atoms with Crippen LogP contribution >= 0.6 is 0 Å². The quantitative estimate of drug-likeness (QED) is 0.811. The summed E-state index contributed by atoms with van der Waals surface area (Å²) < 4.78 is 40.0. The molecule has 2 N–H and O–H groups in total. The van der Waals surface area contributed by atoms with Gasteiger partial charge >= 0.3 is 6.18 Å². The van der Waals surface area contributed by atoms with E-state index in [-0.39, 0.29) is 6.61 Å². The third kappa shape index (κ3) is 4.10. The molecule has 0 aliphatic rings. The lowest BCUT2D eigenvalue weighted by Crippen LogP contribution is -2.17. The molecule has 0 aliphatic heterocycles. The molecule has 1 rings (SSSR count). The highest BCUT2D eigenvalue weighted by Crippen LogP contribution is 2.19. The Morgan fingerprint density at radius 3 is 2.50 bits per heavy atom. The second-order valence-electron chi connectivity index (χ2n) is 3.49. The number of nitrogen functional groups attached to an aromatic ring is 1. The fourth-order valence-corrected chi connectivity index (χ4v) is 1.27. The second kappa shape index (κ2) is 5.21. The van der Waals surface area contributed by atoms with Crippen LogP contribution < -0.4 is 5.73 Å². The molecule has 0 aromatic heterocycles. The molecule has 0 amide bonds. The lowest BCUT2D eigenvalue weighted by Gasteiger charge is -2.10. The minimum atomic E-state index is -4.29. The summed E-state index contributed by atoms with van der Waals surface area (Å²) in [5.41, 5.74) is 7.80. The highest BCUT2D eigenvalue weighted by atomic mass is 19.4. The van der Waals surface area contributed by atoms with E-state index in [1.807, 2.05) is 13.0 Å². The smallest absolute Gasteiger partial charge is 0.398 e. The first kappa shape index (κ1) is 12.8. The first-order valence-electron chi connectivity index (χ1n) is 4.94. The summed E-state index contributed by atoms with van der Waals surface area (Å²) in [5, 5.41) is 0. The van der Waals surface area contributed by atoms with Crippen LogP contribution in [0.4, 0.5) is 18.9 Å². The van der Waals surface area contributed by atoms with E-state index in [9.17, 15) is 13.2 Å². The fourth-order valence-electron chi connectivity index (χ4n) is 1.27. The molecule has 16 heavy (non-hydrogen) atoms. The number of hydrogen-bond donors (Lipinski definition) is 1. The average Bonchev–Trinajstić information content (AvgIpc) is 2.18. The SMILES string of the molecule is CCc1ccc(COCC(F)(F)F)c(N)c1. The molecular weight excluding hydrogens is 219 g/mol. The first-order chi connectivity index (χ1) is 7.42. The van der Waals surface area contributed by atoms with Gasteiger partial charge in [0.25, 0.3) is 0 Å². The third-order valence-electron chi connectivity index (χ3n) is 2.14. The summed E-state index contributed by atoms with van der Waals surface area (Å²) in [6.07, 6.45) is -3.45. The number of halogens is 3. The van der Waals surface area contributed by atoms with Crippen molar-refractivity contribution in [2.45, 2.75) is 26.1 Å².